The molecule has 0 aliphatic heterocycles. The first kappa shape index (κ1) is 19.5. The summed E-state index contributed by atoms with van der Waals surface area (Å²) < 4.78 is 41.7. The van der Waals surface area contributed by atoms with Crippen LogP contribution in [-0.2, 0) is 17.5 Å². The van der Waals surface area contributed by atoms with Gasteiger partial charge in [-0.2, -0.15) is 13.2 Å². The van der Waals surface area contributed by atoms with Gasteiger partial charge in [-0.05, 0) is 36.4 Å². The molecule has 10 heteroatoms. The van der Waals surface area contributed by atoms with Gasteiger partial charge in [0.2, 0.25) is 5.91 Å². The van der Waals surface area contributed by atoms with E-state index in [1.54, 1.807) is 24.3 Å². The minimum atomic E-state index is -4.56. The first-order chi connectivity index (χ1) is 14.1. The first-order valence-electron chi connectivity index (χ1n) is 8.84. The number of fused-ring (bicyclic) bond motifs is 3. The van der Waals surface area contributed by atoms with Crippen LogP contribution in [0.25, 0.3) is 27.5 Å². The molecule has 4 aromatic rings. The monoisotopic (exact) mass is 416 g/mol. The third-order valence-corrected chi connectivity index (χ3v) is 4.85. The van der Waals surface area contributed by atoms with Crippen LogP contribution in [0.5, 0.6) is 0 Å². The Kier molecular flexibility index (Phi) is 4.49. The predicted molar refractivity (Wildman–Crippen MR) is 102 cm³/mol. The number of nitrogens with two attached hydrogens (primary N) is 1. The number of alkyl halides is 3. The van der Waals surface area contributed by atoms with Crippen LogP contribution in [0, 0.1) is 0 Å². The fourth-order valence-electron chi connectivity index (χ4n) is 3.46. The normalized spacial score (nSPS) is 12.0. The topological polar surface area (TPSA) is 103 Å². The highest BCUT2D eigenvalue weighted by atomic mass is 19.4. The zero-order chi connectivity index (χ0) is 21.6. The van der Waals surface area contributed by atoms with Crippen LogP contribution in [0.1, 0.15) is 22.5 Å². The van der Waals surface area contributed by atoms with Gasteiger partial charge in [0, 0.05) is 46.7 Å². The molecular formula is C20H15F3N4O3. The van der Waals surface area contributed by atoms with Crippen molar-refractivity contribution >= 4 is 33.7 Å². The van der Waals surface area contributed by atoms with Crippen LogP contribution in [-0.4, -0.2) is 31.1 Å². The second-order valence-electron chi connectivity index (χ2n) is 6.77. The Labute approximate surface area is 167 Å². The number of hydrogen-bond donors (Lipinski definition) is 2. The molecule has 0 atom stereocenters. The van der Waals surface area contributed by atoms with Crippen molar-refractivity contribution in [1.29, 1.82) is 0 Å². The van der Waals surface area contributed by atoms with Crippen molar-refractivity contribution in [2.45, 2.75) is 19.1 Å². The summed E-state index contributed by atoms with van der Waals surface area (Å²) in [7, 11) is 0. The van der Waals surface area contributed by atoms with Crippen LogP contribution in [0.3, 0.4) is 0 Å². The van der Waals surface area contributed by atoms with Gasteiger partial charge in [0.15, 0.2) is 5.69 Å². The van der Waals surface area contributed by atoms with Crippen molar-refractivity contribution in [3.05, 3.63) is 60.2 Å². The Bertz CT molecular complexity index is 1300. The number of hydrogen-bond acceptors (Lipinski definition) is 3. The molecule has 2 heterocycles. The van der Waals surface area contributed by atoms with E-state index in [9.17, 15) is 27.9 Å². The first-order valence-corrected chi connectivity index (χ1v) is 8.84. The molecule has 154 valence electrons. The maximum absolute atomic E-state index is 12.9. The Hall–Kier alpha value is -3.82. The third kappa shape index (κ3) is 3.36. The molecule has 0 aliphatic carbocycles. The summed E-state index contributed by atoms with van der Waals surface area (Å²) in [6.45, 7) is 0.282. The Morgan fingerprint density at radius 2 is 1.73 bits per heavy atom. The molecule has 0 radical (unpaired) electrons. The smallest absolute Gasteiger partial charge is 0.434 e. The highest BCUT2D eigenvalue weighted by Crippen LogP contribution is 2.33. The van der Waals surface area contributed by atoms with Crippen LogP contribution in [0.15, 0.2) is 48.9 Å². The molecule has 0 saturated carbocycles. The van der Waals surface area contributed by atoms with Crippen molar-refractivity contribution in [3.8, 4) is 5.69 Å². The molecular weight excluding hydrogens is 401 g/mol. The highest BCUT2D eigenvalue weighted by Gasteiger charge is 2.33. The van der Waals surface area contributed by atoms with Crippen LogP contribution < -0.4 is 5.73 Å². The number of nitrogens with zero attached hydrogens (tertiary/aromatic N) is 3. The lowest BCUT2D eigenvalue weighted by Crippen LogP contribution is -2.13. The van der Waals surface area contributed by atoms with Crippen molar-refractivity contribution in [1.82, 2.24) is 14.1 Å². The Morgan fingerprint density at radius 1 is 1.07 bits per heavy atom. The van der Waals surface area contributed by atoms with E-state index in [1.807, 2.05) is 4.57 Å². The number of primary amides is 1. The fourth-order valence-corrected chi connectivity index (χ4v) is 3.46. The van der Waals surface area contributed by atoms with Gasteiger partial charge in [-0.1, -0.05) is 0 Å². The lowest BCUT2D eigenvalue weighted by atomic mass is 10.1. The number of aromatic nitrogens is 3. The molecule has 4 rings (SSSR count). The van der Waals surface area contributed by atoms with Gasteiger partial charge < -0.3 is 20.0 Å². The van der Waals surface area contributed by atoms with Gasteiger partial charge in [0.1, 0.15) is 0 Å². The van der Waals surface area contributed by atoms with Gasteiger partial charge in [0.05, 0.1) is 11.9 Å². The number of carboxylic acid groups (broad SMARTS) is 1. The lowest BCUT2D eigenvalue weighted by molar-refractivity contribution is -0.140. The third-order valence-electron chi connectivity index (χ3n) is 4.85. The number of carbonyl (C=O) groups is 2. The summed E-state index contributed by atoms with van der Waals surface area (Å²) in [5.41, 5.74) is 6.15. The standard InChI is InChI=1S/C20H15F3N4O3/c21-20(22,23)17-9-26(10-25-17)12-2-4-16-14(8-12)13-7-11(19(29)30)1-3-15(13)27(16)6-5-18(24)28/h1-4,7-10H,5-6H2,(H2,24,28)(H,29,30). The van der Waals surface area contributed by atoms with Crippen molar-refractivity contribution in [2.24, 2.45) is 5.73 Å². The molecule has 3 N–H and O–H groups in total. The summed E-state index contributed by atoms with van der Waals surface area (Å²) in [6.07, 6.45) is -2.52. The second kappa shape index (κ2) is 6.90. The molecule has 2 aromatic carbocycles. The molecule has 2 aromatic heterocycles. The lowest BCUT2D eigenvalue weighted by Gasteiger charge is -2.07. The number of benzene rings is 2. The van der Waals surface area contributed by atoms with E-state index in [1.165, 1.54) is 16.7 Å². The maximum Gasteiger partial charge on any atom is 0.434 e. The summed E-state index contributed by atoms with van der Waals surface area (Å²) in [6, 6.07) is 9.59. The van der Waals surface area contributed by atoms with E-state index < -0.39 is 23.7 Å². The Balaban J connectivity index is 1.92. The average Bonchev–Trinajstić information content (AvgIpc) is 3.29. The SMILES string of the molecule is NC(=O)CCn1c2ccc(C(=O)O)cc2c2cc(-n3cnc(C(F)(F)F)c3)ccc21. The summed E-state index contributed by atoms with van der Waals surface area (Å²) >= 11 is 0. The van der Waals surface area contributed by atoms with Crippen LogP contribution in [0.2, 0.25) is 0 Å². The summed E-state index contributed by atoms with van der Waals surface area (Å²) in [5, 5.41) is 10.6. The highest BCUT2D eigenvalue weighted by molar-refractivity contribution is 6.10. The zero-order valence-electron chi connectivity index (χ0n) is 15.3. The number of aromatic carboxylic acids is 1. The number of rotatable bonds is 5. The maximum atomic E-state index is 12.9. The Morgan fingerprint density at radius 3 is 2.33 bits per heavy atom. The average molecular weight is 416 g/mol. The summed E-state index contributed by atoms with van der Waals surface area (Å²) in [5.74, 6) is -1.59. The van der Waals surface area contributed by atoms with Gasteiger partial charge in [-0.3, -0.25) is 4.79 Å². The number of carbonyl (C=O) groups excluding carboxylic acids is 1. The van der Waals surface area contributed by atoms with Crippen LogP contribution in [0.4, 0.5) is 13.2 Å². The van der Waals surface area contributed by atoms with Gasteiger partial charge >= 0.3 is 12.1 Å². The van der Waals surface area contributed by atoms with Crippen molar-refractivity contribution < 1.29 is 27.9 Å². The molecule has 1 amide bonds. The van der Waals surface area contributed by atoms with Gasteiger partial charge in [0.25, 0.3) is 0 Å². The zero-order valence-corrected chi connectivity index (χ0v) is 15.3. The molecule has 0 bridgehead atoms. The van der Waals surface area contributed by atoms with E-state index in [4.69, 9.17) is 5.73 Å². The van der Waals surface area contributed by atoms with E-state index in [0.717, 1.165) is 12.5 Å². The molecule has 30 heavy (non-hydrogen) atoms. The molecule has 0 aliphatic rings. The molecule has 0 spiro atoms. The van der Waals surface area contributed by atoms with Gasteiger partial charge in [-0.15, -0.1) is 0 Å². The number of carboxylic acids is 1. The van der Waals surface area contributed by atoms with E-state index >= 15 is 0 Å². The quantitative estimate of drug-likeness (QED) is 0.519. The molecule has 0 unspecified atom stereocenters. The molecule has 0 fully saturated rings. The minimum Gasteiger partial charge on any atom is -0.478 e. The van der Waals surface area contributed by atoms with Crippen molar-refractivity contribution in [3.63, 3.8) is 0 Å². The number of amides is 1. The number of halogens is 3. The van der Waals surface area contributed by atoms with Crippen molar-refractivity contribution in [2.75, 3.05) is 0 Å². The van der Waals surface area contributed by atoms with E-state index in [0.29, 0.717) is 27.5 Å². The van der Waals surface area contributed by atoms with E-state index in [2.05, 4.69) is 4.98 Å². The second-order valence-corrected chi connectivity index (χ2v) is 6.77. The number of aryl methyl sites for hydroxylation is 1. The molecule has 7 nitrogen and oxygen atoms in total. The summed E-state index contributed by atoms with van der Waals surface area (Å²) in [4.78, 5) is 26.1. The number of imidazole rings is 1. The fraction of sp³-hybridized carbons (Fsp3) is 0.150. The van der Waals surface area contributed by atoms with Gasteiger partial charge in [-0.25, -0.2) is 9.78 Å². The minimum absolute atomic E-state index is 0.0730. The predicted octanol–water partition coefficient (Wildman–Crippen LogP) is 3.57. The van der Waals surface area contributed by atoms with Crippen LogP contribution >= 0.6 is 0 Å². The van der Waals surface area contributed by atoms with E-state index in [-0.39, 0.29) is 18.5 Å². The molecule has 0 saturated heterocycles. The largest absolute Gasteiger partial charge is 0.478 e.